The van der Waals surface area contributed by atoms with E-state index in [-0.39, 0.29) is 24.7 Å². The first-order valence-corrected chi connectivity index (χ1v) is 6.60. The number of halogens is 3. The van der Waals surface area contributed by atoms with Crippen molar-refractivity contribution in [2.45, 2.75) is 50.6 Å². The van der Waals surface area contributed by atoms with Gasteiger partial charge >= 0.3 is 6.36 Å². The highest BCUT2D eigenvalue weighted by Gasteiger charge is 2.38. The van der Waals surface area contributed by atoms with Crippen LogP contribution in [0.25, 0.3) is 0 Å². The van der Waals surface area contributed by atoms with Gasteiger partial charge in [0.05, 0.1) is 12.7 Å². The molecule has 3 atom stereocenters. The Morgan fingerprint density at radius 2 is 1.94 bits per heavy atom. The molecular weight excluding hydrogens is 247 g/mol. The maximum Gasteiger partial charge on any atom is 0.522 e. The van der Waals surface area contributed by atoms with Crippen LogP contribution in [-0.2, 0) is 4.74 Å². The number of aliphatic hydroxyl groups excluding tert-OH is 1. The second kappa shape index (κ2) is 5.75. The largest absolute Gasteiger partial charge is 0.522 e. The van der Waals surface area contributed by atoms with Gasteiger partial charge in [0.15, 0.2) is 0 Å². The number of hydrogen-bond donors (Lipinski definition) is 1. The first-order chi connectivity index (χ1) is 8.47. The highest BCUT2D eigenvalue weighted by atomic mass is 19.4. The molecule has 2 aliphatic rings. The highest BCUT2D eigenvalue weighted by molar-refractivity contribution is 4.91. The SMILES string of the molecule is OC1CCCC1C1CCCN1CCOC(F)(F)F. The van der Waals surface area contributed by atoms with E-state index in [1.807, 2.05) is 4.90 Å². The third kappa shape index (κ3) is 3.59. The molecule has 0 amide bonds. The molecule has 0 aromatic carbocycles. The van der Waals surface area contributed by atoms with Crippen molar-refractivity contribution in [2.24, 2.45) is 5.92 Å². The van der Waals surface area contributed by atoms with Crippen LogP contribution in [0.1, 0.15) is 32.1 Å². The first-order valence-electron chi connectivity index (χ1n) is 6.60. The average molecular weight is 267 g/mol. The molecule has 6 heteroatoms. The molecule has 1 heterocycles. The summed E-state index contributed by atoms with van der Waals surface area (Å²) in [6.07, 6.45) is 0.000673. The van der Waals surface area contributed by atoms with Crippen molar-refractivity contribution in [3.8, 4) is 0 Å². The summed E-state index contributed by atoms with van der Waals surface area (Å²) in [4.78, 5) is 2.05. The van der Waals surface area contributed by atoms with E-state index in [2.05, 4.69) is 4.74 Å². The minimum atomic E-state index is -4.54. The molecule has 3 nitrogen and oxygen atoms in total. The van der Waals surface area contributed by atoms with Crippen LogP contribution in [0, 0.1) is 5.92 Å². The Balaban J connectivity index is 1.80. The Bertz CT molecular complexity index is 273. The van der Waals surface area contributed by atoms with Gasteiger partial charge in [0.25, 0.3) is 0 Å². The predicted octanol–water partition coefficient (Wildman–Crippen LogP) is 2.15. The van der Waals surface area contributed by atoms with Gasteiger partial charge < -0.3 is 5.11 Å². The molecular formula is C12H20F3NO2. The van der Waals surface area contributed by atoms with E-state index in [4.69, 9.17) is 0 Å². The van der Waals surface area contributed by atoms with Crippen molar-refractivity contribution in [3.05, 3.63) is 0 Å². The van der Waals surface area contributed by atoms with E-state index in [9.17, 15) is 18.3 Å². The smallest absolute Gasteiger partial charge is 0.393 e. The zero-order valence-corrected chi connectivity index (χ0v) is 10.3. The van der Waals surface area contributed by atoms with E-state index in [1.54, 1.807) is 0 Å². The lowest BCUT2D eigenvalue weighted by atomic mass is 9.94. The summed E-state index contributed by atoms with van der Waals surface area (Å²) in [5.41, 5.74) is 0. The van der Waals surface area contributed by atoms with Gasteiger partial charge in [0, 0.05) is 18.5 Å². The van der Waals surface area contributed by atoms with Crippen molar-refractivity contribution in [1.82, 2.24) is 4.90 Å². The molecule has 0 aromatic rings. The van der Waals surface area contributed by atoms with Crippen molar-refractivity contribution >= 4 is 0 Å². The van der Waals surface area contributed by atoms with Crippen LogP contribution in [0.3, 0.4) is 0 Å². The Hall–Kier alpha value is -0.330. The van der Waals surface area contributed by atoms with Gasteiger partial charge in [-0.1, -0.05) is 6.42 Å². The molecule has 0 bridgehead atoms. The molecule has 1 aliphatic heterocycles. The number of aliphatic hydroxyl groups is 1. The normalized spacial score (nSPS) is 34.3. The third-order valence-electron chi connectivity index (χ3n) is 4.08. The maximum absolute atomic E-state index is 11.9. The molecule has 1 saturated heterocycles. The van der Waals surface area contributed by atoms with E-state index in [1.165, 1.54) is 0 Å². The number of ether oxygens (including phenoxy) is 1. The van der Waals surface area contributed by atoms with Crippen LogP contribution < -0.4 is 0 Å². The van der Waals surface area contributed by atoms with Gasteiger partial charge in [-0.05, 0) is 32.2 Å². The standard InChI is InChI=1S/C12H20F3NO2/c13-12(14,15)18-8-7-16-6-2-4-10(16)9-3-1-5-11(9)17/h9-11,17H,1-8H2. The van der Waals surface area contributed by atoms with Gasteiger partial charge in [-0.3, -0.25) is 9.64 Å². The molecule has 106 valence electrons. The van der Waals surface area contributed by atoms with Gasteiger partial charge in [-0.2, -0.15) is 0 Å². The molecule has 1 saturated carbocycles. The maximum atomic E-state index is 11.9. The zero-order valence-electron chi connectivity index (χ0n) is 10.3. The summed E-state index contributed by atoms with van der Waals surface area (Å²) in [6.45, 7) is 0.797. The fourth-order valence-corrected chi connectivity index (χ4v) is 3.31. The molecule has 18 heavy (non-hydrogen) atoms. The minimum absolute atomic E-state index is 0.235. The molecule has 2 rings (SSSR count). The quantitative estimate of drug-likeness (QED) is 0.847. The fourth-order valence-electron chi connectivity index (χ4n) is 3.31. The van der Waals surface area contributed by atoms with Crippen LogP contribution in [0.2, 0.25) is 0 Å². The van der Waals surface area contributed by atoms with Gasteiger partial charge in [-0.25, -0.2) is 0 Å². The number of hydrogen-bond acceptors (Lipinski definition) is 3. The predicted molar refractivity (Wildman–Crippen MR) is 59.9 cm³/mol. The molecule has 0 spiro atoms. The van der Waals surface area contributed by atoms with Crippen molar-refractivity contribution < 1.29 is 23.0 Å². The molecule has 2 fully saturated rings. The average Bonchev–Trinajstić information content (AvgIpc) is 2.84. The number of nitrogens with zero attached hydrogens (tertiary/aromatic N) is 1. The molecule has 3 unspecified atom stereocenters. The Kier molecular flexibility index (Phi) is 4.50. The second-order valence-corrected chi connectivity index (χ2v) is 5.20. The minimum Gasteiger partial charge on any atom is -0.393 e. The number of rotatable bonds is 4. The molecule has 0 aromatic heterocycles. The Morgan fingerprint density at radius 1 is 1.17 bits per heavy atom. The van der Waals surface area contributed by atoms with Gasteiger partial charge in [-0.15, -0.1) is 13.2 Å². The van der Waals surface area contributed by atoms with Crippen LogP contribution in [0.15, 0.2) is 0 Å². The monoisotopic (exact) mass is 267 g/mol. The van der Waals surface area contributed by atoms with Crippen LogP contribution in [0.4, 0.5) is 13.2 Å². The summed E-state index contributed by atoms with van der Waals surface area (Å²) in [5.74, 6) is 0.235. The van der Waals surface area contributed by atoms with E-state index < -0.39 is 6.36 Å². The zero-order chi connectivity index (χ0) is 13.2. The summed E-state index contributed by atoms with van der Waals surface area (Å²) < 4.78 is 39.6. The summed E-state index contributed by atoms with van der Waals surface area (Å²) in [7, 11) is 0. The van der Waals surface area contributed by atoms with Gasteiger partial charge in [0.1, 0.15) is 0 Å². The highest BCUT2D eigenvalue weighted by Crippen LogP contribution is 2.35. The van der Waals surface area contributed by atoms with Crippen molar-refractivity contribution in [2.75, 3.05) is 19.7 Å². The van der Waals surface area contributed by atoms with Crippen molar-refractivity contribution in [3.63, 3.8) is 0 Å². The molecule has 1 aliphatic carbocycles. The van der Waals surface area contributed by atoms with E-state index in [0.29, 0.717) is 6.54 Å². The summed E-state index contributed by atoms with van der Waals surface area (Å²) in [6, 6.07) is 0.235. The third-order valence-corrected chi connectivity index (χ3v) is 4.08. The lowest BCUT2D eigenvalue weighted by Gasteiger charge is -2.31. The first kappa shape index (κ1) is 14.1. The number of alkyl halides is 3. The van der Waals surface area contributed by atoms with Crippen molar-refractivity contribution in [1.29, 1.82) is 0 Å². The van der Waals surface area contributed by atoms with E-state index >= 15 is 0 Å². The topological polar surface area (TPSA) is 32.7 Å². The van der Waals surface area contributed by atoms with Crippen LogP contribution in [-0.4, -0.2) is 48.2 Å². The lowest BCUT2D eigenvalue weighted by molar-refractivity contribution is -0.325. The second-order valence-electron chi connectivity index (χ2n) is 5.20. The van der Waals surface area contributed by atoms with E-state index in [0.717, 1.165) is 38.6 Å². The van der Waals surface area contributed by atoms with Crippen LogP contribution >= 0.6 is 0 Å². The Labute approximate surface area is 105 Å². The van der Waals surface area contributed by atoms with Crippen LogP contribution in [0.5, 0.6) is 0 Å². The summed E-state index contributed by atoms with van der Waals surface area (Å²) in [5, 5.41) is 9.88. The fraction of sp³-hybridized carbons (Fsp3) is 1.00. The lowest BCUT2D eigenvalue weighted by Crippen LogP contribution is -2.41. The Morgan fingerprint density at radius 3 is 2.56 bits per heavy atom. The summed E-state index contributed by atoms with van der Waals surface area (Å²) >= 11 is 0. The number of likely N-dealkylation sites (tertiary alicyclic amines) is 1. The molecule has 0 radical (unpaired) electrons. The van der Waals surface area contributed by atoms with Gasteiger partial charge in [0.2, 0.25) is 0 Å². The molecule has 1 N–H and O–H groups in total.